The van der Waals surface area contributed by atoms with Crippen LogP contribution in [0.3, 0.4) is 0 Å². The topological polar surface area (TPSA) is 95.3 Å². The lowest BCUT2D eigenvalue weighted by atomic mass is 10.2. The molecule has 1 aliphatic rings. The van der Waals surface area contributed by atoms with Gasteiger partial charge in [0.2, 0.25) is 5.88 Å². The first-order valence-electron chi connectivity index (χ1n) is 8.00. The van der Waals surface area contributed by atoms with Crippen molar-refractivity contribution in [2.45, 2.75) is 0 Å². The third-order valence-electron chi connectivity index (χ3n) is 3.97. The van der Waals surface area contributed by atoms with E-state index in [4.69, 9.17) is 9.47 Å². The molecule has 3 aromatic heterocycles. The van der Waals surface area contributed by atoms with E-state index < -0.39 is 0 Å². The molecule has 0 aliphatic carbocycles. The van der Waals surface area contributed by atoms with Crippen molar-refractivity contribution >= 4 is 17.2 Å². The average Bonchev–Trinajstić information content (AvgIpc) is 3.38. The van der Waals surface area contributed by atoms with Crippen molar-refractivity contribution in [1.29, 1.82) is 0 Å². The molecule has 1 aliphatic heterocycles. The first kappa shape index (κ1) is 16.6. The van der Waals surface area contributed by atoms with Gasteiger partial charge in [0.05, 0.1) is 37.2 Å². The first-order chi connectivity index (χ1) is 12.8. The van der Waals surface area contributed by atoms with Gasteiger partial charge < -0.3 is 14.4 Å². The molecule has 0 N–H and O–H groups in total. The zero-order valence-electron chi connectivity index (χ0n) is 14.0. The molecule has 9 nitrogen and oxygen atoms in total. The van der Waals surface area contributed by atoms with Gasteiger partial charge in [-0.3, -0.25) is 4.79 Å². The normalized spacial score (nSPS) is 14.4. The molecule has 1 saturated heterocycles. The zero-order chi connectivity index (χ0) is 17.9. The van der Waals surface area contributed by atoms with Crippen LogP contribution in [0.1, 0.15) is 10.5 Å². The highest BCUT2D eigenvalue weighted by atomic mass is 32.1. The summed E-state index contributed by atoms with van der Waals surface area (Å²) in [4.78, 5) is 18.9. The molecule has 10 heteroatoms. The van der Waals surface area contributed by atoms with E-state index >= 15 is 0 Å². The molecule has 0 aromatic carbocycles. The van der Waals surface area contributed by atoms with Gasteiger partial charge in [-0.15, -0.1) is 21.5 Å². The number of hydrogen-bond donors (Lipinski definition) is 0. The highest BCUT2D eigenvalue weighted by molar-refractivity contribution is 7.07. The average molecular weight is 372 g/mol. The molecule has 0 spiro atoms. The number of thiazole rings is 1. The number of methoxy groups -OCH3 is 1. The Bertz CT molecular complexity index is 887. The van der Waals surface area contributed by atoms with Crippen LogP contribution < -0.4 is 4.74 Å². The van der Waals surface area contributed by atoms with Gasteiger partial charge in [0.1, 0.15) is 0 Å². The summed E-state index contributed by atoms with van der Waals surface area (Å²) in [5.74, 6) is 0.751. The minimum Gasteiger partial charge on any atom is -0.480 e. The summed E-state index contributed by atoms with van der Waals surface area (Å²) >= 11 is 1.47. The second-order valence-electron chi connectivity index (χ2n) is 5.54. The Morgan fingerprint density at radius 2 is 2.12 bits per heavy atom. The maximum Gasteiger partial charge on any atom is 0.274 e. The summed E-state index contributed by atoms with van der Waals surface area (Å²) in [6.45, 7) is 2.19. The van der Waals surface area contributed by atoms with E-state index in [2.05, 4.69) is 20.3 Å². The highest BCUT2D eigenvalue weighted by Gasteiger charge is 2.24. The number of hydrogen-bond acceptors (Lipinski definition) is 8. The molecule has 0 radical (unpaired) electrons. The summed E-state index contributed by atoms with van der Waals surface area (Å²) in [5.41, 5.74) is 3.48. The van der Waals surface area contributed by atoms with E-state index in [1.165, 1.54) is 18.4 Å². The van der Waals surface area contributed by atoms with Crippen LogP contribution in [0.25, 0.3) is 17.2 Å². The molecule has 134 valence electrons. The van der Waals surface area contributed by atoms with Gasteiger partial charge in [0.15, 0.2) is 11.5 Å². The Balaban J connectivity index is 1.74. The summed E-state index contributed by atoms with van der Waals surface area (Å²) < 4.78 is 11.9. The molecule has 4 rings (SSSR count). The summed E-state index contributed by atoms with van der Waals surface area (Å²) in [7, 11) is 1.53. The smallest absolute Gasteiger partial charge is 0.274 e. The number of carbonyl (C=O) groups is 1. The Hall–Kier alpha value is -2.85. The molecule has 4 heterocycles. The van der Waals surface area contributed by atoms with Gasteiger partial charge in [-0.05, 0) is 12.1 Å². The number of nitrogens with zero attached hydrogens (tertiary/aromatic N) is 6. The molecular formula is C16H16N6O3S. The van der Waals surface area contributed by atoms with Crippen LogP contribution in [0, 0.1) is 0 Å². The molecule has 0 bridgehead atoms. The maximum atomic E-state index is 12.8. The molecule has 1 amide bonds. The molecule has 0 atom stereocenters. The van der Waals surface area contributed by atoms with Crippen molar-refractivity contribution in [1.82, 2.24) is 29.9 Å². The Morgan fingerprint density at radius 1 is 1.27 bits per heavy atom. The summed E-state index contributed by atoms with van der Waals surface area (Å²) in [6, 6.07) is 5.16. The lowest BCUT2D eigenvalue weighted by molar-refractivity contribution is 0.0298. The fourth-order valence-corrected chi connectivity index (χ4v) is 3.19. The van der Waals surface area contributed by atoms with Crippen molar-refractivity contribution in [3.05, 3.63) is 34.8 Å². The third kappa shape index (κ3) is 3.16. The van der Waals surface area contributed by atoms with Crippen LogP contribution in [0.4, 0.5) is 0 Å². The second-order valence-corrected chi connectivity index (χ2v) is 6.26. The fourth-order valence-electron chi connectivity index (χ4n) is 2.65. The van der Waals surface area contributed by atoms with Crippen LogP contribution in [0.2, 0.25) is 0 Å². The molecule has 3 aromatic rings. The fraction of sp³-hybridized carbons (Fsp3) is 0.312. The number of rotatable bonds is 4. The van der Waals surface area contributed by atoms with Gasteiger partial charge in [0.25, 0.3) is 5.91 Å². The second kappa shape index (κ2) is 7.18. The SMILES string of the molecule is COc1ccc(-n2nc(C(=O)N3CCOCC3)cc2-c2cscn2)nn1. The quantitative estimate of drug-likeness (QED) is 0.680. The molecule has 26 heavy (non-hydrogen) atoms. The maximum absolute atomic E-state index is 12.8. The number of amides is 1. The highest BCUT2D eigenvalue weighted by Crippen LogP contribution is 2.24. The predicted molar refractivity (Wildman–Crippen MR) is 93.5 cm³/mol. The van der Waals surface area contributed by atoms with E-state index in [0.717, 1.165) is 5.69 Å². The van der Waals surface area contributed by atoms with Crippen molar-refractivity contribution < 1.29 is 14.3 Å². The van der Waals surface area contributed by atoms with E-state index in [1.54, 1.807) is 33.3 Å². The van der Waals surface area contributed by atoms with Crippen LogP contribution in [0.5, 0.6) is 5.88 Å². The number of carbonyl (C=O) groups excluding carboxylic acids is 1. The third-order valence-corrected chi connectivity index (χ3v) is 4.56. The van der Waals surface area contributed by atoms with Crippen LogP contribution in [-0.4, -0.2) is 69.2 Å². The van der Waals surface area contributed by atoms with Gasteiger partial charge in [-0.25, -0.2) is 9.67 Å². The monoisotopic (exact) mass is 372 g/mol. The van der Waals surface area contributed by atoms with E-state index in [-0.39, 0.29) is 5.91 Å². The summed E-state index contributed by atoms with van der Waals surface area (Å²) in [5, 5.41) is 14.5. The molecular weight excluding hydrogens is 356 g/mol. The van der Waals surface area contributed by atoms with Crippen molar-refractivity contribution in [2.24, 2.45) is 0 Å². The first-order valence-corrected chi connectivity index (χ1v) is 8.94. The van der Waals surface area contributed by atoms with Crippen LogP contribution in [-0.2, 0) is 4.74 Å². The van der Waals surface area contributed by atoms with Gasteiger partial charge in [0, 0.05) is 24.5 Å². The van der Waals surface area contributed by atoms with Gasteiger partial charge >= 0.3 is 0 Å². The largest absolute Gasteiger partial charge is 0.480 e. The lowest BCUT2D eigenvalue weighted by Gasteiger charge is -2.25. The number of ether oxygens (including phenoxy) is 2. The summed E-state index contributed by atoms with van der Waals surface area (Å²) in [6.07, 6.45) is 0. The Morgan fingerprint density at radius 3 is 2.77 bits per heavy atom. The van der Waals surface area contributed by atoms with Crippen LogP contribution in [0.15, 0.2) is 29.1 Å². The molecule has 1 fully saturated rings. The molecule has 0 saturated carbocycles. The zero-order valence-corrected chi connectivity index (χ0v) is 14.8. The number of aromatic nitrogens is 5. The predicted octanol–water partition coefficient (Wildman–Crippen LogP) is 1.27. The van der Waals surface area contributed by atoms with Gasteiger partial charge in [-0.2, -0.15) is 5.10 Å². The Kier molecular flexibility index (Phi) is 4.59. The standard InChI is InChI=1S/C16H16N6O3S/c1-24-15-3-2-14(18-19-15)22-13(12-9-26-10-17-12)8-11(20-22)16(23)21-4-6-25-7-5-21/h2-3,8-10H,4-7H2,1H3. The Labute approximate surface area is 153 Å². The van der Waals surface area contributed by atoms with E-state index in [1.807, 2.05) is 5.38 Å². The van der Waals surface area contributed by atoms with Crippen molar-refractivity contribution in [3.8, 4) is 23.1 Å². The van der Waals surface area contributed by atoms with Crippen molar-refractivity contribution in [2.75, 3.05) is 33.4 Å². The van der Waals surface area contributed by atoms with Gasteiger partial charge in [-0.1, -0.05) is 0 Å². The minimum atomic E-state index is -0.134. The van der Waals surface area contributed by atoms with E-state index in [0.29, 0.717) is 49.4 Å². The van der Waals surface area contributed by atoms with Crippen LogP contribution >= 0.6 is 11.3 Å². The minimum absolute atomic E-state index is 0.134. The van der Waals surface area contributed by atoms with Crippen molar-refractivity contribution in [3.63, 3.8) is 0 Å². The lowest BCUT2D eigenvalue weighted by Crippen LogP contribution is -2.40. The van der Waals surface area contributed by atoms with E-state index in [9.17, 15) is 4.79 Å². The molecule has 0 unspecified atom stereocenters. The number of morpholine rings is 1.